The van der Waals surface area contributed by atoms with E-state index in [-0.39, 0.29) is 0 Å². The van der Waals surface area contributed by atoms with Gasteiger partial charge in [0.15, 0.2) is 0 Å². The topological polar surface area (TPSA) is 66.0 Å². The van der Waals surface area contributed by atoms with E-state index in [0.29, 0.717) is 13.2 Å². The Labute approximate surface area is 161 Å². The molecule has 10 heteroatoms. The maximum atomic E-state index is 9.75. The first-order chi connectivity index (χ1) is 12.7. The van der Waals surface area contributed by atoms with Crippen molar-refractivity contribution in [2.24, 2.45) is 0 Å². The lowest BCUT2D eigenvalue weighted by molar-refractivity contribution is -0.175. The van der Waals surface area contributed by atoms with Crippen molar-refractivity contribution in [3.63, 3.8) is 0 Å². The molecule has 0 aromatic heterocycles. The molecule has 148 valence electrons. The minimum absolute atomic E-state index is 0.620. The Morgan fingerprint density at radius 2 is 1.37 bits per heavy atom. The molecule has 2 aromatic carbocycles. The zero-order valence-corrected chi connectivity index (χ0v) is 16.1. The predicted molar refractivity (Wildman–Crippen MR) is 99.1 cm³/mol. The Kier molecular flexibility index (Phi) is 11.0. The molecule has 0 aliphatic heterocycles. The van der Waals surface area contributed by atoms with Gasteiger partial charge >= 0.3 is 7.25 Å². The lowest BCUT2D eigenvalue weighted by Crippen LogP contribution is -2.11. The highest BCUT2D eigenvalue weighted by molar-refractivity contribution is 7.80. The van der Waals surface area contributed by atoms with E-state index in [9.17, 15) is 17.3 Å². The van der Waals surface area contributed by atoms with E-state index in [4.69, 9.17) is 20.3 Å². The van der Waals surface area contributed by atoms with Crippen LogP contribution in [0.2, 0.25) is 0 Å². The van der Waals surface area contributed by atoms with Crippen LogP contribution in [-0.4, -0.2) is 20.5 Å². The van der Waals surface area contributed by atoms with Crippen LogP contribution in [0.3, 0.4) is 0 Å². The first kappa shape index (κ1) is 24.6. The third kappa shape index (κ3) is 9.75. The van der Waals surface area contributed by atoms with Gasteiger partial charge in [0.05, 0.1) is 18.6 Å². The molecule has 0 aliphatic carbocycles. The number of ether oxygens (including phenoxy) is 2. The Hall–Kier alpha value is -2.41. The molecule has 0 aliphatic rings. The smallest absolute Gasteiger partial charge is 0.493 e. The largest absolute Gasteiger partial charge is 0.673 e. The van der Waals surface area contributed by atoms with Gasteiger partial charge in [0.1, 0.15) is 11.5 Å². The number of hydrogen-bond acceptors (Lipinski definition) is 4. The summed E-state index contributed by atoms with van der Waals surface area (Å²) in [6.07, 6.45) is 0. The normalized spacial score (nSPS) is 10.0. The van der Waals surface area contributed by atoms with E-state index in [1.165, 1.54) is 5.56 Å². The molecule has 0 saturated heterocycles. The predicted octanol–water partition coefficient (Wildman–Crippen LogP) is 4.33. The molecule has 0 unspecified atom stereocenters. The monoisotopic (exact) mass is 404 g/mol. The van der Waals surface area contributed by atoms with Gasteiger partial charge in [0, 0.05) is 10.5 Å². The van der Waals surface area contributed by atoms with Gasteiger partial charge in [-0.2, -0.15) is 0 Å². The molecule has 27 heavy (non-hydrogen) atoms. The molecule has 0 atom stereocenters. The highest BCUT2D eigenvalue weighted by Crippen LogP contribution is 2.38. The number of benzene rings is 2. The SMILES string of the molecule is CCOc1cc(-c2ccc(C)cc2)c(OCC)cc1S.F[B-](F)(F)F.N#[NH+]. The van der Waals surface area contributed by atoms with Crippen LogP contribution in [0.25, 0.3) is 11.1 Å². The highest BCUT2D eigenvalue weighted by Gasteiger charge is 2.20. The molecule has 0 spiro atoms. The quantitative estimate of drug-likeness (QED) is 0.338. The number of aryl methyl sites for hydroxylation is 1. The minimum Gasteiger partial charge on any atom is -0.493 e. The van der Waals surface area contributed by atoms with Gasteiger partial charge in [-0.05, 0) is 38.5 Å². The number of nitrogens with zero attached hydrogens (tertiary/aromatic N) is 1. The van der Waals surface area contributed by atoms with Gasteiger partial charge < -0.3 is 26.7 Å². The van der Waals surface area contributed by atoms with E-state index in [1.807, 2.05) is 26.0 Å². The van der Waals surface area contributed by atoms with Crippen molar-refractivity contribution in [3.8, 4) is 22.6 Å². The summed E-state index contributed by atoms with van der Waals surface area (Å²) < 4.78 is 50.4. The molecule has 0 heterocycles. The number of thiol groups is 1. The van der Waals surface area contributed by atoms with Crippen molar-refractivity contribution in [1.82, 2.24) is 0 Å². The van der Waals surface area contributed by atoms with E-state index >= 15 is 0 Å². The summed E-state index contributed by atoms with van der Waals surface area (Å²) >= 11 is 4.47. The van der Waals surface area contributed by atoms with Gasteiger partial charge in [-0.1, -0.05) is 29.8 Å². The van der Waals surface area contributed by atoms with Crippen molar-refractivity contribution in [2.45, 2.75) is 25.7 Å². The summed E-state index contributed by atoms with van der Waals surface area (Å²) in [5.41, 5.74) is 3.39. The molecule has 0 radical (unpaired) electrons. The second kappa shape index (κ2) is 12.1. The minimum atomic E-state index is -6.00. The molecule has 0 fully saturated rings. The van der Waals surface area contributed by atoms with Crippen molar-refractivity contribution in [1.29, 1.82) is 5.39 Å². The van der Waals surface area contributed by atoms with Gasteiger partial charge in [0.2, 0.25) is 5.39 Å². The highest BCUT2D eigenvalue weighted by atomic mass is 32.1. The Morgan fingerprint density at radius 1 is 0.926 bits per heavy atom. The molecular weight excluding hydrogens is 383 g/mol. The summed E-state index contributed by atoms with van der Waals surface area (Å²) in [7, 11) is -6.00. The van der Waals surface area contributed by atoms with Crippen molar-refractivity contribution in [2.75, 3.05) is 13.2 Å². The maximum Gasteiger partial charge on any atom is 0.673 e. The van der Waals surface area contributed by atoms with Crippen molar-refractivity contribution in [3.05, 3.63) is 42.0 Å². The molecule has 2 aromatic rings. The fourth-order valence-corrected chi connectivity index (χ4v) is 2.30. The van der Waals surface area contributed by atoms with Crippen LogP contribution < -0.4 is 14.9 Å². The van der Waals surface area contributed by atoms with Crippen LogP contribution in [-0.2, 0) is 0 Å². The zero-order chi connectivity index (χ0) is 21.0. The van der Waals surface area contributed by atoms with Crippen molar-refractivity contribution >= 4 is 19.9 Å². The van der Waals surface area contributed by atoms with Crippen LogP contribution in [0.15, 0.2) is 41.3 Å². The van der Waals surface area contributed by atoms with Crippen molar-refractivity contribution < 1.29 is 32.1 Å². The number of diazo groups is 1. The number of halogens is 4. The molecule has 0 saturated carbocycles. The second-order valence-electron chi connectivity index (χ2n) is 5.04. The van der Waals surface area contributed by atoms with Crippen LogP contribution in [0.4, 0.5) is 17.3 Å². The third-order valence-electron chi connectivity index (χ3n) is 3.02. The molecule has 1 N–H and O–H groups in total. The number of hydrogen-bond donors (Lipinski definition) is 2. The maximum absolute atomic E-state index is 9.75. The summed E-state index contributed by atoms with van der Waals surface area (Å²) in [5.74, 6) is 1.62. The molecule has 0 bridgehead atoms. The molecular formula is C17H21BF4N2O2S. The Balaban J connectivity index is 0.000000838. The first-order valence-electron chi connectivity index (χ1n) is 7.95. The summed E-state index contributed by atoms with van der Waals surface area (Å²) in [5, 5.41) is 11.0. The van der Waals surface area contributed by atoms with Crippen LogP contribution >= 0.6 is 12.6 Å². The zero-order valence-electron chi connectivity index (χ0n) is 15.2. The molecule has 2 rings (SSSR count). The summed E-state index contributed by atoms with van der Waals surface area (Å²) in [6, 6.07) is 12.3. The summed E-state index contributed by atoms with van der Waals surface area (Å²) in [4.78, 5) is 0.797. The number of nitrogens with one attached hydrogen (secondary N) is 1. The Bertz CT molecular complexity index is 719. The molecule has 0 amide bonds. The van der Waals surface area contributed by atoms with E-state index < -0.39 is 7.25 Å². The second-order valence-corrected chi connectivity index (χ2v) is 5.52. The Morgan fingerprint density at radius 3 is 1.81 bits per heavy atom. The lowest BCUT2D eigenvalue weighted by atomic mass is 10.0. The lowest BCUT2D eigenvalue weighted by Gasteiger charge is -2.15. The fourth-order valence-electron chi connectivity index (χ4n) is 2.05. The third-order valence-corrected chi connectivity index (χ3v) is 3.37. The van der Waals surface area contributed by atoms with Crippen LogP contribution in [0, 0.1) is 12.3 Å². The number of rotatable bonds is 5. The first-order valence-corrected chi connectivity index (χ1v) is 8.39. The van der Waals surface area contributed by atoms with Gasteiger partial charge in [0.25, 0.3) is 0 Å². The van der Waals surface area contributed by atoms with Crippen LogP contribution in [0.1, 0.15) is 19.4 Å². The molecule has 4 nitrogen and oxygen atoms in total. The van der Waals surface area contributed by atoms with Gasteiger partial charge in [-0.25, -0.2) is 0 Å². The van der Waals surface area contributed by atoms with Gasteiger partial charge in [-0.3, -0.25) is 0 Å². The van der Waals surface area contributed by atoms with Gasteiger partial charge in [-0.15, -0.1) is 12.6 Å². The standard InChI is InChI=1S/C17H20O2S.BF4.N2/c1-4-18-15-11-17(20)16(19-5-2)10-14(15)13-8-6-12(3)7-9-13;2-1(3,4)5;1-2/h6-11,20H,4-5H2,1-3H3;;/q;-1;/p+1. The van der Waals surface area contributed by atoms with E-state index in [0.717, 1.165) is 27.5 Å². The summed E-state index contributed by atoms with van der Waals surface area (Å²) in [6.45, 7) is 7.27. The van der Waals surface area contributed by atoms with E-state index in [2.05, 4.69) is 43.8 Å². The fraction of sp³-hybridized carbons (Fsp3) is 0.294. The van der Waals surface area contributed by atoms with E-state index in [1.54, 1.807) is 0 Å². The average molecular weight is 404 g/mol. The average Bonchev–Trinajstić information content (AvgIpc) is 2.59. The van der Waals surface area contributed by atoms with Crippen LogP contribution in [0.5, 0.6) is 11.5 Å².